The lowest BCUT2D eigenvalue weighted by Gasteiger charge is -2.48. The Morgan fingerprint density at radius 1 is 1.41 bits per heavy atom. The number of ether oxygens (including phenoxy) is 1. The summed E-state index contributed by atoms with van der Waals surface area (Å²) in [6, 6.07) is 7.09. The standard InChI is InChI=1S/C20H20N2O7/c1-3-15-18(16-5-4-10-28-16)21(19(15)24)17(12(2)23)20(25)29-11-13-6-8-14(9-7-13)22(26)27/h3-10,12,15,17-18,23H,1,11H2,2H3/t12?,15-,17?,18-/m0/s1. The van der Waals surface area contributed by atoms with E-state index >= 15 is 0 Å². The number of carbonyl (C=O) groups excluding carboxylic acids is 2. The van der Waals surface area contributed by atoms with Crippen molar-refractivity contribution in [2.45, 2.75) is 31.7 Å². The number of hydrogen-bond donors (Lipinski definition) is 1. The van der Waals surface area contributed by atoms with Crippen LogP contribution in [0.5, 0.6) is 0 Å². The van der Waals surface area contributed by atoms with Crippen LogP contribution in [-0.4, -0.2) is 39.0 Å². The molecule has 1 aliphatic heterocycles. The fourth-order valence-corrected chi connectivity index (χ4v) is 3.35. The Labute approximate surface area is 166 Å². The van der Waals surface area contributed by atoms with E-state index in [-0.39, 0.29) is 18.2 Å². The Morgan fingerprint density at radius 2 is 2.10 bits per heavy atom. The highest BCUT2D eigenvalue weighted by molar-refractivity contribution is 5.93. The van der Waals surface area contributed by atoms with Crippen LogP contribution in [0.15, 0.2) is 59.7 Å². The minimum Gasteiger partial charge on any atom is -0.467 e. The molecule has 2 unspecified atom stereocenters. The predicted octanol–water partition coefficient (Wildman–Crippen LogP) is 2.37. The second kappa shape index (κ2) is 8.27. The van der Waals surface area contributed by atoms with Crippen LogP contribution < -0.4 is 0 Å². The van der Waals surface area contributed by atoms with Crippen LogP contribution in [-0.2, 0) is 20.9 Å². The van der Waals surface area contributed by atoms with Gasteiger partial charge in [-0.25, -0.2) is 4.79 Å². The molecule has 0 radical (unpaired) electrons. The smallest absolute Gasteiger partial charge is 0.331 e. The second-order valence-corrected chi connectivity index (χ2v) is 6.68. The zero-order chi connectivity index (χ0) is 21.1. The third-order valence-electron chi connectivity index (χ3n) is 4.79. The van der Waals surface area contributed by atoms with Gasteiger partial charge < -0.3 is 19.2 Å². The van der Waals surface area contributed by atoms with E-state index in [4.69, 9.17) is 9.15 Å². The van der Waals surface area contributed by atoms with Crippen molar-refractivity contribution in [2.24, 2.45) is 5.92 Å². The Hall–Kier alpha value is -3.46. The van der Waals surface area contributed by atoms with Gasteiger partial charge in [-0.1, -0.05) is 6.08 Å². The molecule has 9 heteroatoms. The van der Waals surface area contributed by atoms with Crippen LogP contribution in [0, 0.1) is 16.0 Å². The first kappa shape index (κ1) is 20.3. The molecule has 2 aromatic rings. The van der Waals surface area contributed by atoms with Gasteiger partial charge in [0.25, 0.3) is 5.69 Å². The van der Waals surface area contributed by atoms with Gasteiger partial charge in [-0.15, -0.1) is 6.58 Å². The molecule has 1 N–H and O–H groups in total. The molecule has 0 saturated carbocycles. The lowest BCUT2D eigenvalue weighted by atomic mass is 9.83. The van der Waals surface area contributed by atoms with E-state index in [1.807, 2.05) is 0 Å². The zero-order valence-corrected chi connectivity index (χ0v) is 15.6. The summed E-state index contributed by atoms with van der Waals surface area (Å²) in [7, 11) is 0. The van der Waals surface area contributed by atoms with Crippen molar-refractivity contribution >= 4 is 17.6 Å². The molecule has 152 valence electrons. The first-order valence-electron chi connectivity index (χ1n) is 8.91. The molecule has 1 saturated heterocycles. The number of aliphatic hydroxyl groups is 1. The van der Waals surface area contributed by atoms with E-state index in [0.717, 1.165) is 0 Å². The summed E-state index contributed by atoms with van der Waals surface area (Å²) in [5.41, 5.74) is 0.458. The van der Waals surface area contributed by atoms with Crippen LogP contribution in [0.1, 0.15) is 24.3 Å². The van der Waals surface area contributed by atoms with Crippen molar-refractivity contribution in [3.8, 4) is 0 Å². The van der Waals surface area contributed by atoms with Crippen molar-refractivity contribution in [1.29, 1.82) is 0 Å². The van der Waals surface area contributed by atoms with E-state index in [2.05, 4.69) is 6.58 Å². The highest BCUT2D eigenvalue weighted by atomic mass is 16.6. The number of β-lactam (4-membered cyclic amide) rings is 1. The maximum absolute atomic E-state index is 12.7. The summed E-state index contributed by atoms with van der Waals surface area (Å²) in [6.45, 7) is 4.90. The average molecular weight is 400 g/mol. The van der Waals surface area contributed by atoms with Crippen LogP contribution in [0.3, 0.4) is 0 Å². The van der Waals surface area contributed by atoms with Crippen molar-refractivity contribution < 1.29 is 28.8 Å². The minimum atomic E-state index is -1.23. The van der Waals surface area contributed by atoms with Gasteiger partial charge in [0.1, 0.15) is 18.4 Å². The van der Waals surface area contributed by atoms with Gasteiger partial charge in [0.05, 0.1) is 23.2 Å². The van der Waals surface area contributed by atoms with Gasteiger partial charge in [-0.05, 0) is 36.8 Å². The molecule has 1 aromatic heterocycles. The lowest BCUT2D eigenvalue weighted by molar-refractivity contribution is -0.384. The van der Waals surface area contributed by atoms with E-state index < -0.39 is 35.0 Å². The number of carbonyl (C=O) groups is 2. The number of esters is 1. The van der Waals surface area contributed by atoms with Crippen molar-refractivity contribution in [3.05, 3.63) is 76.8 Å². The molecule has 29 heavy (non-hydrogen) atoms. The van der Waals surface area contributed by atoms with Crippen LogP contribution in [0.4, 0.5) is 5.69 Å². The number of nitro groups is 1. The maximum Gasteiger partial charge on any atom is 0.331 e. The molecular formula is C20H20N2O7. The molecule has 3 rings (SSSR count). The van der Waals surface area contributed by atoms with Crippen LogP contribution >= 0.6 is 0 Å². The van der Waals surface area contributed by atoms with Crippen molar-refractivity contribution in [3.63, 3.8) is 0 Å². The molecule has 1 aromatic carbocycles. The zero-order valence-electron chi connectivity index (χ0n) is 15.6. The fourth-order valence-electron chi connectivity index (χ4n) is 3.35. The quantitative estimate of drug-likeness (QED) is 0.237. The number of furan rings is 1. The SMILES string of the molecule is C=C[C@@H]1C(=O)N(C(C(=O)OCc2ccc([N+](=O)[O-])cc2)C(C)O)[C@@H]1c1ccco1. The molecule has 4 atom stereocenters. The Kier molecular flexibility index (Phi) is 5.79. The summed E-state index contributed by atoms with van der Waals surface area (Å²) in [5.74, 6) is -1.24. The summed E-state index contributed by atoms with van der Waals surface area (Å²) < 4.78 is 10.7. The Morgan fingerprint density at radius 3 is 2.62 bits per heavy atom. The molecular weight excluding hydrogens is 380 g/mol. The van der Waals surface area contributed by atoms with Crippen LogP contribution in [0.25, 0.3) is 0 Å². The molecule has 9 nitrogen and oxygen atoms in total. The lowest BCUT2D eigenvalue weighted by Crippen LogP contribution is -2.63. The fraction of sp³-hybridized carbons (Fsp3) is 0.300. The Balaban J connectivity index is 1.74. The molecule has 0 spiro atoms. The van der Waals surface area contributed by atoms with Gasteiger partial charge in [0.2, 0.25) is 5.91 Å². The number of benzene rings is 1. The number of nitrogens with zero attached hydrogens (tertiary/aromatic N) is 2. The van der Waals surface area contributed by atoms with Gasteiger partial charge >= 0.3 is 5.97 Å². The molecule has 1 aliphatic rings. The van der Waals surface area contributed by atoms with E-state index in [0.29, 0.717) is 11.3 Å². The van der Waals surface area contributed by atoms with Gasteiger partial charge in [0, 0.05) is 12.1 Å². The normalized spacial score (nSPS) is 20.5. The number of amides is 1. The third kappa shape index (κ3) is 3.90. The number of non-ortho nitro benzene ring substituents is 1. The topological polar surface area (TPSA) is 123 Å². The summed E-state index contributed by atoms with van der Waals surface area (Å²) in [6.07, 6.45) is 1.75. The molecule has 0 aliphatic carbocycles. The summed E-state index contributed by atoms with van der Waals surface area (Å²) >= 11 is 0. The van der Waals surface area contributed by atoms with Crippen LogP contribution in [0.2, 0.25) is 0 Å². The highest BCUT2D eigenvalue weighted by Crippen LogP contribution is 2.43. The number of nitro benzene ring substituents is 1. The predicted molar refractivity (Wildman–Crippen MR) is 100 cm³/mol. The number of rotatable bonds is 8. The molecule has 2 heterocycles. The summed E-state index contributed by atoms with van der Waals surface area (Å²) in [4.78, 5) is 36.7. The number of aliphatic hydroxyl groups excluding tert-OH is 1. The van der Waals surface area contributed by atoms with Crippen molar-refractivity contribution in [1.82, 2.24) is 4.90 Å². The average Bonchev–Trinajstić information content (AvgIpc) is 3.21. The molecule has 1 fully saturated rings. The van der Waals surface area contributed by atoms with E-state index in [9.17, 15) is 24.8 Å². The Bertz CT molecular complexity index is 905. The monoisotopic (exact) mass is 400 g/mol. The maximum atomic E-state index is 12.7. The van der Waals surface area contributed by atoms with E-state index in [1.165, 1.54) is 48.4 Å². The molecule has 1 amide bonds. The number of likely N-dealkylation sites (tertiary alicyclic amines) is 1. The van der Waals surface area contributed by atoms with Gasteiger partial charge in [-0.2, -0.15) is 0 Å². The third-order valence-corrected chi connectivity index (χ3v) is 4.79. The summed E-state index contributed by atoms with van der Waals surface area (Å²) in [5, 5.41) is 20.9. The van der Waals surface area contributed by atoms with E-state index in [1.54, 1.807) is 12.1 Å². The van der Waals surface area contributed by atoms with Crippen molar-refractivity contribution in [2.75, 3.05) is 0 Å². The van der Waals surface area contributed by atoms with Gasteiger partial charge in [0.15, 0.2) is 6.04 Å². The first-order chi connectivity index (χ1) is 13.8. The van der Waals surface area contributed by atoms with Gasteiger partial charge in [-0.3, -0.25) is 14.9 Å². The highest BCUT2D eigenvalue weighted by Gasteiger charge is 2.54. The number of hydrogen-bond acceptors (Lipinski definition) is 7. The second-order valence-electron chi connectivity index (χ2n) is 6.68. The minimum absolute atomic E-state index is 0.0788. The largest absolute Gasteiger partial charge is 0.467 e. The molecule has 0 bridgehead atoms. The first-order valence-corrected chi connectivity index (χ1v) is 8.91.